The second-order valence-electron chi connectivity index (χ2n) is 4.43. The summed E-state index contributed by atoms with van der Waals surface area (Å²) < 4.78 is 37.8. The number of nitrogens with two attached hydrogens (primary N) is 1. The first-order valence-corrected chi connectivity index (χ1v) is 5.44. The third-order valence-electron chi connectivity index (χ3n) is 2.39. The molecular weight excluding hydrogens is 229 g/mol. The van der Waals surface area contributed by atoms with Crippen molar-refractivity contribution in [3.8, 4) is 0 Å². The molecule has 0 amide bonds. The van der Waals surface area contributed by atoms with E-state index in [0.29, 0.717) is 5.56 Å². The van der Waals surface area contributed by atoms with Gasteiger partial charge in [0.2, 0.25) is 0 Å². The van der Waals surface area contributed by atoms with Gasteiger partial charge in [0, 0.05) is 17.8 Å². The van der Waals surface area contributed by atoms with E-state index in [1.807, 2.05) is 20.8 Å². The van der Waals surface area contributed by atoms with Crippen LogP contribution in [-0.2, 0) is 6.18 Å². The average molecular weight is 246 g/mol. The molecule has 3 N–H and O–H groups in total. The summed E-state index contributed by atoms with van der Waals surface area (Å²) in [5, 5.41) is 3.14. The molecule has 0 aliphatic carbocycles. The smallest absolute Gasteiger partial charge is 0.399 e. The Morgan fingerprint density at radius 2 is 1.71 bits per heavy atom. The molecule has 1 rings (SSSR count). The van der Waals surface area contributed by atoms with Crippen molar-refractivity contribution in [3.63, 3.8) is 0 Å². The molecule has 0 radical (unpaired) electrons. The van der Waals surface area contributed by atoms with Gasteiger partial charge in [-0.25, -0.2) is 0 Å². The largest absolute Gasteiger partial charge is 0.416 e. The molecule has 2 nitrogen and oxygen atoms in total. The van der Waals surface area contributed by atoms with Crippen LogP contribution < -0.4 is 11.1 Å². The predicted molar refractivity (Wildman–Crippen MR) is 62.5 cm³/mol. The maximum Gasteiger partial charge on any atom is 0.416 e. The lowest BCUT2D eigenvalue weighted by molar-refractivity contribution is -0.137. The third-order valence-corrected chi connectivity index (χ3v) is 2.39. The lowest BCUT2D eigenvalue weighted by Crippen LogP contribution is -2.26. The van der Waals surface area contributed by atoms with Crippen molar-refractivity contribution in [2.45, 2.75) is 39.0 Å². The molecule has 96 valence electrons. The molecule has 0 fully saturated rings. The Kier molecular flexibility index (Phi) is 4.03. The number of nitrogens with one attached hydrogen (secondary N) is 1. The summed E-state index contributed by atoms with van der Waals surface area (Å²) in [5.74, 6) is 0. The van der Waals surface area contributed by atoms with Crippen LogP contribution in [0.25, 0.3) is 0 Å². The second-order valence-corrected chi connectivity index (χ2v) is 4.43. The molecule has 5 heteroatoms. The molecule has 0 aliphatic rings. The van der Waals surface area contributed by atoms with Gasteiger partial charge >= 0.3 is 6.18 Å². The van der Waals surface area contributed by atoms with Crippen LogP contribution in [0.15, 0.2) is 18.2 Å². The fraction of sp³-hybridized carbons (Fsp3) is 0.500. The Morgan fingerprint density at radius 1 is 1.12 bits per heavy atom. The van der Waals surface area contributed by atoms with Crippen molar-refractivity contribution in [1.29, 1.82) is 0 Å². The fourth-order valence-electron chi connectivity index (χ4n) is 1.69. The Morgan fingerprint density at radius 3 is 2.18 bits per heavy atom. The normalized spacial score (nSPS) is 14.1. The van der Waals surface area contributed by atoms with E-state index in [9.17, 15) is 13.2 Å². The second kappa shape index (κ2) is 4.96. The van der Waals surface area contributed by atoms with Gasteiger partial charge in [0.15, 0.2) is 0 Å². The highest BCUT2D eigenvalue weighted by molar-refractivity contribution is 5.46. The number of alkyl halides is 3. The van der Waals surface area contributed by atoms with Crippen LogP contribution in [0.1, 0.15) is 37.9 Å². The van der Waals surface area contributed by atoms with Gasteiger partial charge in [0.05, 0.1) is 5.56 Å². The number of rotatable bonds is 3. The predicted octanol–water partition coefficient (Wildman–Crippen LogP) is 3.35. The summed E-state index contributed by atoms with van der Waals surface area (Å²) >= 11 is 0. The summed E-state index contributed by atoms with van der Waals surface area (Å²) in [6.07, 6.45) is -4.36. The molecule has 0 saturated carbocycles. The van der Waals surface area contributed by atoms with E-state index >= 15 is 0 Å². The number of benzene rings is 1. The quantitative estimate of drug-likeness (QED) is 0.803. The zero-order valence-corrected chi connectivity index (χ0v) is 10.1. The molecule has 0 bridgehead atoms. The summed E-state index contributed by atoms with van der Waals surface area (Å²) in [6, 6.07) is 3.68. The minimum Gasteiger partial charge on any atom is -0.399 e. The van der Waals surface area contributed by atoms with E-state index < -0.39 is 11.7 Å². The molecule has 1 aromatic rings. The van der Waals surface area contributed by atoms with Gasteiger partial charge in [0.1, 0.15) is 0 Å². The van der Waals surface area contributed by atoms with E-state index in [1.54, 1.807) is 6.07 Å². The average Bonchev–Trinajstić information content (AvgIpc) is 2.14. The van der Waals surface area contributed by atoms with Crippen LogP contribution in [0.5, 0.6) is 0 Å². The molecule has 0 heterocycles. The molecule has 17 heavy (non-hydrogen) atoms. The van der Waals surface area contributed by atoms with E-state index in [0.717, 1.165) is 12.1 Å². The molecule has 1 aromatic carbocycles. The van der Waals surface area contributed by atoms with Crippen LogP contribution >= 0.6 is 0 Å². The standard InChI is InChI=1S/C12H17F3N2/c1-7(2)17-8(3)9-4-10(12(13,14)15)6-11(16)5-9/h4-8,17H,16H2,1-3H3/t8-/m1/s1. The maximum absolute atomic E-state index is 12.6. The van der Waals surface area contributed by atoms with Gasteiger partial charge in [-0.1, -0.05) is 13.8 Å². The number of halogens is 3. The van der Waals surface area contributed by atoms with Gasteiger partial charge < -0.3 is 11.1 Å². The molecule has 0 saturated heterocycles. The number of anilines is 1. The highest BCUT2D eigenvalue weighted by atomic mass is 19.4. The molecular formula is C12H17F3N2. The summed E-state index contributed by atoms with van der Waals surface area (Å²) in [7, 11) is 0. The summed E-state index contributed by atoms with van der Waals surface area (Å²) in [4.78, 5) is 0. The molecule has 0 aliphatic heterocycles. The Bertz CT molecular complexity index is 386. The minimum atomic E-state index is -4.36. The van der Waals surface area contributed by atoms with Gasteiger partial charge in [-0.3, -0.25) is 0 Å². The monoisotopic (exact) mass is 246 g/mol. The number of nitrogen functional groups attached to an aromatic ring is 1. The van der Waals surface area contributed by atoms with E-state index in [4.69, 9.17) is 5.73 Å². The summed E-state index contributed by atoms with van der Waals surface area (Å²) in [6.45, 7) is 5.69. The van der Waals surface area contributed by atoms with Crippen LogP contribution in [0.4, 0.5) is 18.9 Å². The molecule has 0 spiro atoms. The molecule has 0 unspecified atom stereocenters. The highest BCUT2D eigenvalue weighted by Gasteiger charge is 2.31. The van der Waals surface area contributed by atoms with Crippen molar-refractivity contribution >= 4 is 5.69 Å². The van der Waals surface area contributed by atoms with Gasteiger partial charge in [-0.05, 0) is 30.7 Å². The SMILES string of the molecule is CC(C)N[C@H](C)c1cc(N)cc(C(F)(F)F)c1. The van der Waals surface area contributed by atoms with E-state index in [2.05, 4.69) is 5.32 Å². The fourth-order valence-corrected chi connectivity index (χ4v) is 1.69. The highest BCUT2D eigenvalue weighted by Crippen LogP contribution is 2.32. The van der Waals surface area contributed by atoms with Gasteiger partial charge in [0.25, 0.3) is 0 Å². The van der Waals surface area contributed by atoms with Gasteiger partial charge in [-0.2, -0.15) is 13.2 Å². The lowest BCUT2D eigenvalue weighted by Gasteiger charge is -2.19. The summed E-state index contributed by atoms with van der Waals surface area (Å²) in [5.41, 5.74) is 5.47. The van der Waals surface area contributed by atoms with Crippen molar-refractivity contribution in [2.24, 2.45) is 0 Å². The van der Waals surface area contributed by atoms with E-state index in [-0.39, 0.29) is 17.8 Å². The maximum atomic E-state index is 12.6. The first-order chi connectivity index (χ1) is 7.70. The van der Waals surface area contributed by atoms with Crippen molar-refractivity contribution in [1.82, 2.24) is 5.32 Å². The zero-order valence-electron chi connectivity index (χ0n) is 10.1. The topological polar surface area (TPSA) is 38.0 Å². The van der Waals surface area contributed by atoms with Gasteiger partial charge in [-0.15, -0.1) is 0 Å². The van der Waals surface area contributed by atoms with E-state index in [1.165, 1.54) is 0 Å². The Balaban J connectivity index is 3.05. The van der Waals surface area contributed by atoms with Crippen LogP contribution in [0.2, 0.25) is 0 Å². The van der Waals surface area contributed by atoms with Crippen LogP contribution in [-0.4, -0.2) is 6.04 Å². The minimum absolute atomic E-state index is 0.132. The van der Waals surface area contributed by atoms with Crippen LogP contribution in [0.3, 0.4) is 0 Å². The number of hydrogen-bond donors (Lipinski definition) is 2. The van der Waals surface area contributed by atoms with Crippen molar-refractivity contribution in [2.75, 3.05) is 5.73 Å². The lowest BCUT2D eigenvalue weighted by atomic mass is 10.0. The first-order valence-electron chi connectivity index (χ1n) is 5.44. The number of hydrogen-bond acceptors (Lipinski definition) is 2. The first kappa shape index (κ1) is 13.8. The van der Waals surface area contributed by atoms with Crippen molar-refractivity contribution in [3.05, 3.63) is 29.3 Å². The van der Waals surface area contributed by atoms with Crippen molar-refractivity contribution < 1.29 is 13.2 Å². The Hall–Kier alpha value is -1.23. The Labute approximate surface area is 99.0 Å². The molecule has 0 aromatic heterocycles. The van der Waals surface area contributed by atoms with Crippen LogP contribution in [0, 0.1) is 0 Å². The molecule has 1 atom stereocenters. The zero-order chi connectivity index (χ0) is 13.2. The third kappa shape index (κ3) is 3.93.